The van der Waals surface area contributed by atoms with Crippen molar-refractivity contribution in [2.24, 2.45) is 0 Å². The normalized spacial score (nSPS) is 10.5. The molecule has 0 aliphatic heterocycles. The van der Waals surface area contributed by atoms with Gasteiger partial charge in [0.15, 0.2) is 0 Å². The monoisotopic (exact) mass is 296 g/mol. The van der Waals surface area contributed by atoms with Crippen molar-refractivity contribution >= 4 is 23.2 Å². The summed E-state index contributed by atoms with van der Waals surface area (Å²) in [6.45, 7) is 4.56. The third-order valence-corrected chi connectivity index (χ3v) is 3.01. The summed E-state index contributed by atoms with van der Waals surface area (Å²) in [4.78, 5) is 8.18. The molecule has 19 heavy (non-hydrogen) atoms. The molecule has 1 aromatic heterocycles. The molecule has 0 amide bonds. The molecular formula is C14H14Cl2N2O. The highest BCUT2D eigenvalue weighted by molar-refractivity contribution is 6.33. The number of halogens is 2. The standard InChI is InChI=1S/C14H14Cl2N2O/c1-9-3-4-11(10(2)7-9)19-6-5-14-17-12(15)8-13(16)18-14/h3-4,7-8H,5-6H2,1-2H3. The molecule has 0 aliphatic rings. The summed E-state index contributed by atoms with van der Waals surface area (Å²) < 4.78 is 5.71. The maximum Gasteiger partial charge on any atom is 0.135 e. The van der Waals surface area contributed by atoms with Crippen LogP contribution in [0.3, 0.4) is 0 Å². The van der Waals surface area contributed by atoms with Crippen molar-refractivity contribution in [3.05, 3.63) is 51.5 Å². The molecule has 2 aromatic rings. The van der Waals surface area contributed by atoms with E-state index in [0.29, 0.717) is 29.2 Å². The minimum absolute atomic E-state index is 0.349. The zero-order valence-corrected chi connectivity index (χ0v) is 12.3. The van der Waals surface area contributed by atoms with Crippen LogP contribution in [-0.2, 0) is 6.42 Å². The minimum atomic E-state index is 0.349. The van der Waals surface area contributed by atoms with Crippen LogP contribution in [0.4, 0.5) is 0 Å². The number of rotatable bonds is 4. The molecule has 2 rings (SSSR count). The Morgan fingerprint density at radius 2 is 1.74 bits per heavy atom. The Labute approximate surface area is 122 Å². The van der Waals surface area contributed by atoms with Gasteiger partial charge < -0.3 is 4.74 Å². The van der Waals surface area contributed by atoms with Gasteiger partial charge in [-0.05, 0) is 25.5 Å². The Balaban J connectivity index is 1.96. The first-order chi connectivity index (χ1) is 9.04. The van der Waals surface area contributed by atoms with Crippen LogP contribution >= 0.6 is 23.2 Å². The van der Waals surface area contributed by atoms with Gasteiger partial charge in [-0.25, -0.2) is 9.97 Å². The molecule has 0 radical (unpaired) electrons. The van der Waals surface area contributed by atoms with E-state index in [4.69, 9.17) is 27.9 Å². The fourth-order valence-electron chi connectivity index (χ4n) is 1.76. The lowest BCUT2D eigenvalue weighted by molar-refractivity contribution is 0.316. The molecular weight excluding hydrogens is 283 g/mol. The molecule has 0 atom stereocenters. The number of aryl methyl sites for hydroxylation is 2. The molecule has 0 bridgehead atoms. The van der Waals surface area contributed by atoms with Crippen molar-refractivity contribution in [2.75, 3.05) is 6.61 Å². The van der Waals surface area contributed by atoms with E-state index in [1.54, 1.807) is 0 Å². The molecule has 5 heteroatoms. The second kappa shape index (κ2) is 6.22. The molecule has 0 saturated carbocycles. The first-order valence-electron chi connectivity index (χ1n) is 5.93. The van der Waals surface area contributed by atoms with Crippen LogP contribution in [0.1, 0.15) is 17.0 Å². The highest BCUT2D eigenvalue weighted by atomic mass is 35.5. The largest absolute Gasteiger partial charge is 0.493 e. The van der Waals surface area contributed by atoms with Crippen molar-refractivity contribution in [1.29, 1.82) is 0 Å². The maximum atomic E-state index is 5.81. The van der Waals surface area contributed by atoms with Gasteiger partial charge in [-0.2, -0.15) is 0 Å². The predicted molar refractivity (Wildman–Crippen MR) is 77.2 cm³/mol. The summed E-state index contributed by atoms with van der Waals surface area (Å²) in [7, 11) is 0. The zero-order valence-electron chi connectivity index (χ0n) is 10.8. The average molecular weight is 297 g/mol. The minimum Gasteiger partial charge on any atom is -0.493 e. The van der Waals surface area contributed by atoms with Crippen LogP contribution in [0, 0.1) is 13.8 Å². The molecule has 0 unspecified atom stereocenters. The van der Waals surface area contributed by atoms with Crippen LogP contribution in [0.15, 0.2) is 24.3 Å². The maximum absolute atomic E-state index is 5.81. The second-order valence-corrected chi connectivity index (χ2v) is 5.07. The van der Waals surface area contributed by atoms with Gasteiger partial charge in [0, 0.05) is 12.5 Å². The predicted octanol–water partition coefficient (Wildman–Crippen LogP) is 4.02. The van der Waals surface area contributed by atoms with Crippen molar-refractivity contribution in [3.8, 4) is 5.75 Å². The van der Waals surface area contributed by atoms with Gasteiger partial charge in [-0.3, -0.25) is 0 Å². The van der Waals surface area contributed by atoms with Crippen LogP contribution < -0.4 is 4.74 Å². The summed E-state index contributed by atoms with van der Waals surface area (Å²) in [5.74, 6) is 1.46. The first kappa shape index (κ1) is 14.1. The lowest BCUT2D eigenvalue weighted by Gasteiger charge is -2.09. The van der Waals surface area contributed by atoms with Crippen molar-refractivity contribution in [1.82, 2.24) is 9.97 Å². The summed E-state index contributed by atoms with van der Waals surface area (Å²) in [6.07, 6.45) is 0.563. The Hall–Kier alpha value is -1.32. The van der Waals surface area contributed by atoms with Gasteiger partial charge in [0.2, 0.25) is 0 Å². The number of ether oxygens (including phenoxy) is 1. The summed E-state index contributed by atoms with van der Waals surface area (Å²) in [6, 6.07) is 7.59. The molecule has 1 aromatic carbocycles. The topological polar surface area (TPSA) is 35.0 Å². The van der Waals surface area contributed by atoms with Crippen LogP contribution in [0.5, 0.6) is 5.75 Å². The lowest BCUT2D eigenvalue weighted by atomic mass is 10.1. The van der Waals surface area contributed by atoms with E-state index in [-0.39, 0.29) is 0 Å². The van der Waals surface area contributed by atoms with Crippen LogP contribution in [-0.4, -0.2) is 16.6 Å². The molecule has 1 heterocycles. The Morgan fingerprint density at radius 3 is 2.37 bits per heavy atom. The van der Waals surface area contributed by atoms with Crippen molar-refractivity contribution in [3.63, 3.8) is 0 Å². The fourth-order valence-corrected chi connectivity index (χ4v) is 2.22. The highest BCUT2D eigenvalue weighted by Gasteiger charge is 2.04. The third kappa shape index (κ3) is 4.08. The van der Waals surface area contributed by atoms with E-state index in [2.05, 4.69) is 23.0 Å². The van der Waals surface area contributed by atoms with E-state index in [9.17, 15) is 0 Å². The number of aromatic nitrogens is 2. The van der Waals surface area contributed by atoms with E-state index in [0.717, 1.165) is 11.3 Å². The summed E-state index contributed by atoms with van der Waals surface area (Å²) in [5, 5.41) is 0.697. The van der Waals surface area contributed by atoms with E-state index < -0.39 is 0 Å². The highest BCUT2D eigenvalue weighted by Crippen LogP contribution is 2.19. The Morgan fingerprint density at radius 1 is 1.05 bits per heavy atom. The average Bonchev–Trinajstić information content (AvgIpc) is 2.30. The van der Waals surface area contributed by atoms with Crippen molar-refractivity contribution in [2.45, 2.75) is 20.3 Å². The van der Waals surface area contributed by atoms with Gasteiger partial charge >= 0.3 is 0 Å². The molecule has 3 nitrogen and oxygen atoms in total. The smallest absolute Gasteiger partial charge is 0.135 e. The summed E-state index contributed by atoms with van der Waals surface area (Å²) in [5.41, 5.74) is 2.33. The number of nitrogens with zero attached hydrogens (tertiary/aromatic N) is 2. The fraction of sp³-hybridized carbons (Fsp3) is 0.286. The van der Waals surface area contributed by atoms with Crippen LogP contribution in [0.2, 0.25) is 10.3 Å². The number of hydrogen-bond acceptors (Lipinski definition) is 3. The first-order valence-corrected chi connectivity index (χ1v) is 6.69. The van der Waals surface area contributed by atoms with Gasteiger partial charge in [-0.1, -0.05) is 40.9 Å². The lowest BCUT2D eigenvalue weighted by Crippen LogP contribution is -2.06. The zero-order chi connectivity index (χ0) is 13.8. The Kier molecular flexibility index (Phi) is 4.61. The van der Waals surface area contributed by atoms with Gasteiger partial charge in [-0.15, -0.1) is 0 Å². The van der Waals surface area contributed by atoms with E-state index in [1.165, 1.54) is 11.6 Å². The van der Waals surface area contributed by atoms with E-state index >= 15 is 0 Å². The van der Waals surface area contributed by atoms with Gasteiger partial charge in [0.1, 0.15) is 21.9 Å². The quantitative estimate of drug-likeness (QED) is 0.799. The van der Waals surface area contributed by atoms with Crippen molar-refractivity contribution < 1.29 is 4.74 Å². The molecule has 0 fully saturated rings. The molecule has 0 aliphatic carbocycles. The Bertz CT molecular complexity index is 567. The van der Waals surface area contributed by atoms with Crippen LogP contribution in [0.25, 0.3) is 0 Å². The van der Waals surface area contributed by atoms with Gasteiger partial charge in [0.05, 0.1) is 6.61 Å². The summed E-state index contributed by atoms with van der Waals surface area (Å²) >= 11 is 11.6. The van der Waals surface area contributed by atoms with E-state index in [1.807, 2.05) is 19.1 Å². The third-order valence-electron chi connectivity index (χ3n) is 2.62. The number of benzene rings is 1. The molecule has 0 N–H and O–H groups in total. The second-order valence-electron chi connectivity index (χ2n) is 4.30. The SMILES string of the molecule is Cc1ccc(OCCc2nc(Cl)cc(Cl)n2)c(C)c1. The molecule has 100 valence electrons. The molecule has 0 spiro atoms. The van der Waals surface area contributed by atoms with Gasteiger partial charge in [0.25, 0.3) is 0 Å². The molecule has 0 saturated heterocycles. The number of hydrogen-bond donors (Lipinski definition) is 0.